The smallest absolute Gasteiger partial charge is 0.171 e. The van der Waals surface area contributed by atoms with Crippen molar-refractivity contribution >= 4 is 20.0 Å². The molecule has 0 radical (unpaired) electrons. The highest BCUT2D eigenvalue weighted by molar-refractivity contribution is 8.29. The average Bonchev–Trinajstić information content (AvgIpc) is 2.00. The van der Waals surface area contributed by atoms with Crippen molar-refractivity contribution in [1.29, 1.82) is 0 Å². The van der Waals surface area contributed by atoms with Gasteiger partial charge >= 0.3 is 0 Å². The predicted octanol–water partition coefficient (Wildman–Crippen LogP) is 2.87. The van der Waals surface area contributed by atoms with Gasteiger partial charge in [0.2, 0.25) is 0 Å². The fourth-order valence-corrected chi connectivity index (χ4v) is 2.39. The maximum absolute atomic E-state index is 11.3. The molecule has 0 aliphatic carbocycles. The summed E-state index contributed by atoms with van der Waals surface area (Å²) in [5.74, 6) is 0. The van der Waals surface area contributed by atoms with Crippen LogP contribution in [-0.4, -0.2) is 8.76 Å². The molecule has 15 heavy (non-hydrogen) atoms. The van der Waals surface area contributed by atoms with E-state index in [1.165, 1.54) is 0 Å². The molecule has 84 valence electrons. The summed E-state index contributed by atoms with van der Waals surface area (Å²) < 4.78 is 20.7. The van der Waals surface area contributed by atoms with Crippen molar-refractivity contribution in [2.45, 2.75) is 38.0 Å². The zero-order valence-electron chi connectivity index (χ0n) is 9.40. The van der Waals surface area contributed by atoms with Gasteiger partial charge in [-0.05, 0) is 35.6 Å². The van der Waals surface area contributed by atoms with Gasteiger partial charge < -0.3 is 4.55 Å². The average molecular weight is 244 g/mol. The van der Waals surface area contributed by atoms with E-state index < -0.39 is 8.77 Å². The minimum atomic E-state index is -3.27. The van der Waals surface area contributed by atoms with E-state index in [1.54, 1.807) is 12.1 Å². The Morgan fingerprint density at radius 3 is 2.27 bits per heavy atom. The van der Waals surface area contributed by atoms with Crippen molar-refractivity contribution in [3.05, 3.63) is 29.3 Å². The molecule has 1 atom stereocenters. The van der Waals surface area contributed by atoms with Crippen LogP contribution in [0, 0.1) is 6.92 Å². The van der Waals surface area contributed by atoms with E-state index in [0.29, 0.717) is 4.90 Å². The zero-order valence-corrected chi connectivity index (χ0v) is 11.0. The molecule has 0 aliphatic rings. The first-order valence-electron chi connectivity index (χ1n) is 4.71. The molecule has 0 saturated heterocycles. The molecular formula is C11H16O2S2. The SMILES string of the molecule is Cc1ccc(S(=O)(O)=S)cc1C(C)(C)C. The van der Waals surface area contributed by atoms with Gasteiger partial charge in [0.1, 0.15) is 0 Å². The van der Waals surface area contributed by atoms with Gasteiger partial charge in [-0.3, -0.25) is 0 Å². The van der Waals surface area contributed by atoms with Crippen LogP contribution >= 0.6 is 0 Å². The Morgan fingerprint density at radius 1 is 1.33 bits per heavy atom. The topological polar surface area (TPSA) is 37.3 Å². The van der Waals surface area contributed by atoms with Crippen molar-refractivity contribution in [3.8, 4) is 0 Å². The summed E-state index contributed by atoms with van der Waals surface area (Å²) in [6, 6.07) is 5.21. The summed E-state index contributed by atoms with van der Waals surface area (Å²) in [4.78, 5) is 0.327. The maximum Gasteiger partial charge on any atom is 0.171 e. The molecule has 1 aromatic rings. The summed E-state index contributed by atoms with van der Waals surface area (Å²) in [5.41, 5.74) is 2.14. The van der Waals surface area contributed by atoms with Crippen LogP contribution in [0.4, 0.5) is 0 Å². The zero-order chi connectivity index (χ0) is 11.9. The van der Waals surface area contributed by atoms with Crippen LogP contribution in [0.15, 0.2) is 23.1 Å². The van der Waals surface area contributed by atoms with Gasteiger partial charge in [-0.15, -0.1) is 0 Å². The quantitative estimate of drug-likeness (QED) is 0.825. The van der Waals surface area contributed by atoms with E-state index in [-0.39, 0.29) is 5.41 Å². The molecule has 1 rings (SSSR count). The first-order valence-corrected chi connectivity index (χ1v) is 7.15. The van der Waals surface area contributed by atoms with Crippen LogP contribution in [0.3, 0.4) is 0 Å². The number of rotatable bonds is 1. The van der Waals surface area contributed by atoms with Crippen LogP contribution in [-0.2, 0) is 25.4 Å². The first-order chi connectivity index (χ1) is 6.62. The lowest BCUT2D eigenvalue weighted by Gasteiger charge is -2.22. The molecule has 1 unspecified atom stereocenters. The molecule has 0 aliphatic heterocycles. The molecule has 0 amide bonds. The van der Waals surface area contributed by atoms with Crippen LogP contribution < -0.4 is 0 Å². The molecule has 0 aromatic heterocycles. The largest absolute Gasteiger partial charge is 0.302 e. The number of hydrogen-bond acceptors (Lipinski definition) is 2. The first kappa shape index (κ1) is 12.6. The van der Waals surface area contributed by atoms with Crippen molar-refractivity contribution in [1.82, 2.24) is 0 Å². The van der Waals surface area contributed by atoms with Crippen LogP contribution in [0.2, 0.25) is 0 Å². The lowest BCUT2D eigenvalue weighted by Crippen LogP contribution is -2.14. The number of aryl methyl sites for hydroxylation is 1. The molecule has 2 nitrogen and oxygen atoms in total. The molecule has 4 heteroatoms. The van der Waals surface area contributed by atoms with Gasteiger partial charge in [0, 0.05) is 11.2 Å². The minimum Gasteiger partial charge on any atom is -0.302 e. The van der Waals surface area contributed by atoms with Gasteiger partial charge in [0.25, 0.3) is 0 Å². The van der Waals surface area contributed by atoms with E-state index in [0.717, 1.165) is 11.1 Å². The Kier molecular flexibility index (Phi) is 3.24. The fourth-order valence-electron chi connectivity index (χ4n) is 1.57. The molecule has 1 N–H and O–H groups in total. The van der Waals surface area contributed by atoms with E-state index in [2.05, 4.69) is 32.0 Å². The van der Waals surface area contributed by atoms with Crippen molar-refractivity contribution < 1.29 is 8.76 Å². The third-order valence-electron chi connectivity index (χ3n) is 2.31. The van der Waals surface area contributed by atoms with E-state index >= 15 is 0 Å². The van der Waals surface area contributed by atoms with Gasteiger partial charge in [-0.2, -0.15) is 0 Å². The molecule has 0 heterocycles. The highest BCUT2D eigenvalue weighted by atomic mass is 32.8. The monoisotopic (exact) mass is 244 g/mol. The molecule has 0 saturated carbocycles. The van der Waals surface area contributed by atoms with E-state index in [9.17, 15) is 8.76 Å². The van der Waals surface area contributed by atoms with Crippen molar-refractivity contribution in [3.63, 3.8) is 0 Å². The van der Waals surface area contributed by atoms with Gasteiger partial charge in [-0.25, -0.2) is 4.21 Å². The molecule has 0 spiro atoms. The molecular weight excluding hydrogens is 228 g/mol. The second kappa shape index (κ2) is 3.85. The second-order valence-electron chi connectivity index (χ2n) is 4.70. The Bertz CT molecular complexity index is 468. The normalized spacial score (nSPS) is 16.1. The molecule has 0 fully saturated rings. The standard InChI is InChI=1S/C11H16O2S2/c1-8-5-6-9(15(12,13)14)7-10(8)11(2,3)4/h5-7H,1-4H3,(H,12,13,14). The van der Waals surface area contributed by atoms with Gasteiger partial charge in [-0.1, -0.05) is 26.8 Å². The maximum atomic E-state index is 11.3. The Labute approximate surface area is 96.2 Å². The van der Waals surface area contributed by atoms with Crippen LogP contribution in [0.25, 0.3) is 0 Å². The lowest BCUT2D eigenvalue weighted by atomic mass is 9.84. The Hall–Kier alpha value is -0.450. The van der Waals surface area contributed by atoms with Crippen LogP contribution in [0.1, 0.15) is 31.9 Å². The summed E-state index contributed by atoms with van der Waals surface area (Å²) in [6.45, 7) is 8.21. The van der Waals surface area contributed by atoms with Crippen molar-refractivity contribution in [2.24, 2.45) is 0 Å². The summed E-state index contributed by atoms with van der Waals surface area (Å²) in [6.07, 6.45) is 0. The highest BCUT2D eigenvalue weighted by Gasteiger charge is 2.18. The number of hydrogen-bond donors (Lipinski definition) is 1. The third-order valence-corrected chi connectivity index (χ3v) is 3.74. The van der Waals surface area contributed by atoms with Gasteiger partial charge in [0.15, 0.2) is 8.77 Å². The van der Waals surface area contributed by atoms with E-state index in [4.69, 9.17) is 0 Å². The Morgan fingerprint density at radius 2 is 1.87 bits per heavy atom. The lowest BCUT2D eigenvalue weighted by molar-refractivity contribution is 0.559. The number of benzene rings is 1. The Balaban J connectivity index is 3.43. The van der Waals surface area contributed by atoms with Gasteiger partial charge in [0.05, 0.1) is 4.90 Å². The van der Waals surface area contributed by atoms with E-state index in [1.807, 2.05) is 13.0 Å². The van der Waals surface area contributed by atoms with Crippen LogP contribution in [0.5, 0.6) is 0 Å². The minimum absolute atomic E-state index is 0.0416. The highest BCUT2D eigenvalue weighted by Crippen LogP contribution is 2.27. The fraction of sp³-hybridized carbons (Fsp3) is 0.455. The summed E-state index contributed by atoms with van der Waals surface area (Å²) in [7, 11) is -3.27. The summed E-state index contributed by atoms with van der Waals surface area (Å²) in [5, 5.41) is 0. The summed E-state index contributed by atoms with van der Waals surface area (Å²) >= 11 is 4.56. The van der Waals surface area contributed by atoms with Crippen molar-refractivity contribution in [2.75, 3.05) is 0 Å². The molecule has 0 bridgehead atoms. The second-order valence-corrected chi connectivity index (χ2v) is 7.48. The third kappa shape index (κ3) is 3.00. The predicted molar refractivity (Wildman–Crippen MR) is 66.3 cm³/mol. The molecule has 1 aromatic carbocycles.